The van der Waals surface area contributed by atoms with Gasteiger partial charge in [0.15, 0.2) is 0 Å². The molecule has 1 saturated heterocycles. The fourth-order valence-corrected chi connectivity index (χ4v) is 3.02. The van der Waals surface area contributed by atoms with E-state index in [1.165, 1.54) is 30.8 Å². The third kappa shape index (κ3) is 2.77. The Kier molecular flexibility index (Phi) is 3.72. The highest BCUT2D eigenvalue weighted by Gasteiger charge is 2.20. The van der Waals surface area contributed by atoms with Crippen LogP contribution in [0.4, 0.5) is 0 Å². The lowest BCUT2D eigenvalue weighted by atomic mass is 10.0. The fourth-order valence-electron chi connectivity index (χ4n) is 2.14. The van der Waals surface area contributed by atoms with Gasteiger partial charge in [-0.05, 0) is 26.4 Å². The molecule has 0 aromatic carbocycles. The monoisotopic (exact) mass is 225 g/mol. The van der Waals surface area contributed by atoms with Crippen LogP contribution < -0.4 is 5.73 Å². The Morgan fingerprint density at radius 2 is 2.47 bits per heavy atom. The summed E-state index contributed by atoms with van der Waals surface area (Å²) in [5.41, 5.74) is 6.59. The summed E-state index contributed by atoms with van der Waals surface area (Å²) in [4.78, 5) is 6.99. The minimum Gasteiger partial charge on any atom is -0.325 e. The molecule has 1 aliphatic heterocycles. The average molecular weight is 225 g/mol. The van der Waals surface area contributed by atoms with Crippen LogP contribution in [0.15, 0.2) is 5.38 Å². The summed E-state index contributed by atoms with van der Waals surface area (Å²) in [6, 6.07) is 0.690. The highest BCUT2D eigenvalue weighted by atomic mass is 32.1. The lowest BCUT2D eigenvalue weighted by Crippen LogP contribution is -2.37. The third-order valence-electron chi connectivity index (χ3n) is 3.14. The van der Waals surface area contributed by atoms with Crippen LogP contribution in [0.1, 0.15) is 30.0 Å². The Labute approximate surface area is 95.3 Å². The molecule has 0 radical (unpaired) electrons. The van der Waals surface area contributed by atoms with Crippen LogP contribution in [0.3, 0.4) is 0 Å². The van der Waals surface area contributed by atoms with Crippen LogP contribution in [-0.2, 0) is 13.0 Å². The Morgan fingerprint density at radius 3 is 3.13 bits per heavy atom. The van der Waals surface area contributed by atoms with Crippen LogP contribution in [0.25, 0.3) is 0 Å². The van der Waals surface area contributed by atoms with Crippen LogP contribution >= 0.6 is 11.3 Å². The van der Waals surface area contributed by atoms with E-state index in [1.807, 2.05) is 0 Å². The lowest BCUT2D eigenvalue weighted by molar-refractivity contribution is 0.184. The first-order chi connectivity index (χ1) is 7.29. The number of rotatable bonds is 3. The molecule has 3 nitrogen and oxygen atoms in total. The van der Waals surface area contributed by atoms with Gasteiger partial charge >= 0.3 is 0 Å². The number of hydrogen-bond donors (Lipinski definition) is 1. The zero-order valence-corrected chi connectivity index (χ0v) is 10.1. The van der Waals surface area contributed by atoms with Crippen molar-refractivity contribution in [2.24, 2.45) is 5.73 Å². The van der Waals surface area contributed by atoms with E-state index in [0.29, 0.717) is 12.6 Å². The predicted molar refractivity (Wildman–Crippen MR) is 64.0 cm³/mol. The van der Waals surface area contributed by atoms with Gasteiger partial charge in [-0.3, -0.25) is 0 Å². The van der Waals surface area contributed by atoms with Crippen LogP contribution in [0.5, 0.6) is 0 Å². The van der Waals surface area contributed by atoms with Gasteiger partial charge in [-0.15, -0.1) is 11.3 Å². The summed E-state index contributed by atoms with van der Waals surface area (Å²) in [6.07, 6.45) is 5.12. The molecule has 2 heterocycles. The van der Waals surface area contributed by atoms with E-state index in [9.17, 15) is 0 Å². The molecule has 0 aliphatic carbocycles. The second-order valence-corrected chi connectivity index (χ2v) is 5.21. The van der Waals surface area contributed by atoms with Gasteiger partial charge in [-0.1, -0.05) is 6.42 Å². The molecule has 0 spiro atoms. The minimum absolute atomic E-state index is 0.566. The van der Waals surface area contributed by atoms with E-state index in [2.05, 4.69) is 22.3 Å². The van der Waals surface area contributed by atoms with Crippen molar-refractivity contribution in [3.05, 3.63) is 16.1 Å². The molecule has 1 atom stereocenters. The molecule has 1 aliphatic rings. The molecule has 84 valence electrons. The molecule has 1 aromatic rings. The largest absolute Gasteiger partial charge is 0.325 e. The molecule has 0 saturated carbocycles. The van der Waals surface area contributed by atoms with E-state index < -0.39 is 0 Å². The summed E-state index contributed by atoms with van der Waals surface area (Å²) < 4.78 is 0. The Morgan fingerprint density at radius 1 is 1.60 bits per heavy atom. The minimum atomic E-state index is 0.566. The standard InChI is InChI=1S/C11H19N3S/c1-14-5-3-2-4-10(14)6-11-13-9(7-12)8-15-11/h8,10H,2-7,12H2,1H3. The molecule has 0 bridgehead atoms. The van der Waals surface area contributed by atoms with Gasteiger partial charge in [0.25, 0.3) is 0 Å². The zero-order valence-electron chi connectivity index (χ0n) is 9.28. The average Bonchev–Trinajstić information content (AvgIpc) is 2.69. The second-order valence-electron chi connectivity index (χ2n) is 4.27. The van der Waals surface area contributed by atoms with Crippen molar-refractivity contribution < 1.29 is 0 Å². The van der Waals surface area contributed by atoms with E-state index in [4.69, 9.17) is 5.73 Å². The first-order valence-corrected chi connectivity index (χ1v) is 6.51. The molecular weight excluding hydrogens is 206 g/mol. The van der Waals surface area contributed by atoms with Gasteiger partial charge in [0, 0.05) is 24.4 Å². The smallest absolute Gasteiger partial charge is 0.0944 e. The summed E-state index contributed by atoms with van der Waals surface area (Å²) in [5.74, 6) is 0. The van der Waals surface area contributed by atoms with Gasteiger partial charge in [-0.2, -0.15) is 0 Å². The first kappa shape index (κ1) is 11.0. The van der Waals surface area contributed by atoms with Crippen LogP contribution in [0, 0.1) is 0 Å². The summed E-state index contributed by atoms with van der Waals surface area (Å²) in [5, 5.41) is 3.33. The number of hydrogen-bond acceptors (Lipinski definition) is 4. The highest BCUT2D eigenvalue weighted by Crippen LogP contribution is 2.20. The van der Waals surface area contributed by atoms with Gasteiger partial charge in [0.2, 0.25) is 0 Å². The van der Waals surface area contributed by atoms with Crippen LogP contribution in [0.2, 0.25) is 0 Å². The number of thiazole rings is 1. The summed E-state index contributed by atoms with van der Waals surface area (Å²) >= 11 is 1.75. The van der Waals surface area contributed by atoms with Crippen molar-refractivity contribution in [3.63, 3.8) is 0 Å². The van der Waals surface area contributed by atoms with Crippen molar-refractivity contribution in [2.75, 3.05) is 13.6 Å². The zero-order chi connectivity index (χ0) is 10.7. The summed E-state index contributed by atoms with van der Waals surface area (Å²) in [7, 11) is 2.22. The van der Waals surface area contributed by atoms with E-state index >= 15 is 0 Å². The number of nitrogens with zero attached hydrogens (tertiary/aromatic N) is 2. The molecule has 2 rings (SSSR count). The molecule has 1 unspecified atom stereocenters. The number of aromatic nitrogens is 1. The van der Waals surface area contributed by atoms with Crippen molar-refractivity contribution in [2.45, 2.75) is 38.3 Å². The number of likely N-dealkylation sites (N-methyl/N-ethyl adjacent to an activating group) is 1. The van der Waals surface area contributed by atoms with Crippen molar-refractivity contribution in [1.29, 1.82) is 0 Å². The highest BCUT2D eigenvalue weighted by molar-refractivity contribution is 7.09. The third-order valence-corrected chi connectivity index (χ3v) is 4.06. The fraction of sp³-hybridized carbons (Fsp3) is 0.727. The van der Waals surface area contributed by atoms with E-state index in [1.54, 1.807) is 11.3 Å². The van der Waals surface area contributed by atoms with Crippen molar-refractivity contribution in [1.82, 2.24) is 9.88 Å². The van der Waals surface area contributed by atoms with Crippen LogP contribution in [-0.4, -0.2) is 29.5 Å². The number of likely N-dealkylation sites (tertiary alicyclic amines) is 1. The maximum Gasteiger partial charge on any atom is 0.0944 e. The molecule has 1 aromatic heterocycles. The van der Waals surface area contributed by atoms with Crippen molar-refractivity contribution >= 4 is 11.3 Å². The van der Waals surface area contributed by atoms with Gasteiger partial charge in [0.05, 0.1) is 10.7 Å². The molecule has 0 amide bonds. The molecule has 2 N–H and O–H groups in total. The predicted octanol–water partition coefficient (Wildman–Crippen LogP) is 1.63. The molecular formula is C11H19N3S. The SMILES string of the molecule is CN1CCCCC1Cc1nc(CN)cs1. The van der Waals surface area contributed by atoms with Gasteiger partial charge < -0.3 is 10.6 Å². The normalized spacial score (nSPS) is 23.2. The lowest BCUT2D eigenvalue weighted by Gasteiger charge is -2.31. The van der Waals surface area contributed by atoms with Gasteiger partial charge in [0.1, 0.15) is 0 Å². The molecule has 15 heavy (non-hydrogen) atoms. The topological polar surface area (TPSA) is 42.2 Å². The number of nitrogens with two attached hydrogens (primary N) is 1. The second kappa shape index (κ2) is 5.05. The Hall–Kier alpha value is -0.450. The van der Waals surface area contributed by atoms with Crippen molar-refractivity contribution in [3.8, 4) is 0 Å². The number of piperidine rings is 1. The quantitative estimate of drug-likeness (QED) is 0.850. The Bertz CT molecular complexity index is 311. The molecule has 4 heteroatoms. The van der Waals surface area contributed by atoms with E-state index in [0.717, 1.165) is 12.1 Å². The van der Waals surface area contributed by atoms with Gasteiger partial charge in [-0.25, -0.2) is 4.98 Å². The first-order valence-electron chi connectivity index (χ1n) is 5.63. The Balaban J connectivity index is 1.95. The van der Waals surface area contributed by atoms with E-state index in [-0.39, 0.29) is 0 Å². The molecule has 1 fully saturated rings. The maximum absolute atomic E-state index is 5.56. The maximum atomic E-state index is 5.56. The summed E-state index contributed by atoms with van der Waals surface area (Å²) in [6.45, 7) is 1.80.